The van der Waals surface area contributed by atoms with Gasteiger partial charge in [0.2, 0.25) is 0 Å². The van der Waals surface area contributed by atoms with Crippen LogP contribution >= 0.6 is 7.14 Å². The molecule has 0 saturated heterocycles. The molecule has 0 radical (unpaired) electrons. The number of benzene rings is 5. The number of fused-ring (bicyclic) bond motifs is 2. The van der Waals surface area contributed by atoms with Gasteiger partial charge < -0.3 is 4.57 Å². The monoisotopic (exact) mass is 392 g/mol. The zero-order chi connectivity index (χ0) is 19.8. The molecule has 5 rings (SSSR count). The van der Waals surface area contributed by atoms with Crippen LogP contribution in [0.3, 0.4) is 0 Å². The maximum Gasteiger partial charge on any atom is 0.172 e. The molecule has 0 aromatic heterocycles. The van der Waals surface area contributed by atoms with E-state index in [1.54, 1.807) is 0 Å². The molecule has 1 nitrogen and oxygen atoms in total. The lowest BCUT2D eigenvalue weighted by Crippen LogP contribution is -2.26. The standard InChI is InChI=1S/C27H21OP/c1-20-16-18-23(19-17-20)29(28,26-14-6-10-21-8-2-4-12-24(21)26)27-15-7-11-22-9-3-5-13-25(22)27/h2-19H,1H3. The molecule has 0 aliphatic heterocycles. The van der Waals surface area contributed by atoms with E-state index in [1.165, 1.54) is 0 Å². The predicted octanol–water partition coefficient (Wildman–Crippen LogP) is 5.94. The average Bonchev–Trinajstić information content (AvgIpc) is 2.78. The molecule has 0 amide bonds. The van der Waals surface area contributed by atoms with Gasteiger partial charge in [-0.25, -0.2) is 0 Å². The van der Waals surface area contributed by atoms with Crippen LogP contribution in [-0.4, -0.2) is 0 Å². The summed E-state index contributed by atoms with van der Waals surface area (Å²) in [6, 6.07) is 36.9. The fourth-order valence-corrected chi connectivity index (χ4v) is 7.19. The van der Waals surface area contributed by atoms with Crippen LogP contribution in [0.2, 0.25) is 0 Å². The summed E-state index contributed by atoms with van der Waals surface area (Å²) in [6.07, 6.45) is 0. The van der Waals surface area contributed by atoms with Gasteiger partial charge in [0.1, 0.15) is 0 Å². The SMILES string of the molecule is Cc1ccc(P(=O)(c2cccc3ccccc23)c2cccc3ccccc23)cc1. The molecular weight excluding hydrogens is 371 g/mol. The van der Waals surface area contributed by atoms with Crippen LogP contribution in [0, 0.1) is 6.92 Å². The molecule has 0 heterocycles. The van der Waals surface area contributed by atoms with Crippen LogP contribution in [-0.2, 0) is 4.57 Å². The first-order chi connectivity index (χ1) is 14.2. The molecule has 5 aromatic rings. The van der Waals surface area contributed by atoms with Gasteiger partial charge >= 0.3 is 0 Å². The van der Waals surface area contributed by atoms with Gasteiger partial charge in [-0.3, -0.25) is 0 Å². The highest BCUT2D eigenvalue weighted by molar-refractivity contribution is 7.86. The van der Waals surface area contributed by atoms with Crippen LogP contribution in [0.15, 0.2) is 109 Å². The number of hydrogen-bond acceptors (Lipinski definition) is 1. The van der Waals surface area contributed by atoms with Crippen LogP contribution in [0.4, 0.5) is 0 Å². The van der Waals surface area contributed by atoms with Crippen molar-refractivity contribution in [3.63, 3.8) is 0 Å². The molecule has 0 N–H and O–H groups in total. The van der Waals surface area contributed by atoms with Crippen molar-refractivity contribution in [2.24, 2.45) is 0 Å². The maximum absolute atomic E-state index is 15.2. The summed E-state index contributed by atoms with van der Waals surface area (Å²) in [7, 11) is -3.09. The van der Waals surface area contributed by atoms with Crippen molar-refractivity contribution in [3.8, 4) is 0 Å². The van der Waals surface area contributed by atoms with Crippen molar-refractivity contribution < 1.29 is 4.57 Å². The molecule has 0 aliphatic rings. The lowest BCUT2D eigenvalue weighted by molar-refractivity contribution is 0.593. The van der Waals surface area contributed by atoms with E-state index in [9.17, 15) is 0 Å². The Morgan fingerprint density at radius 2 is 0.966 bits per heavy atom. The van der Waals surface area contributed by atoms with Crippen LogP contribution in [0.25, 0.3) is 21.5 Å². The summed E-state index contributed by atoms with van der Waals surface area (Å²) < 4.78 is 15.2. The molecule has 0 atom stereocenters. The molecule has 0 unspecified atom stereocenters. The van der Waals surface area contributed by atoms with Crippen molar-refractivity contribution in [3.05, 3.63) is 115 Å². The van der Waals surface area contributed by atoms with Gasteiger partial charge in [0.25, 0.3) is 0 Å². The Hall–Kier alpha value is -3.15. The Balaban J connectivity index is 1.93. The summed E-state index contributed by atoms with van der Waals surface area (Å²) in [5, 5.41) is 6.98. The number of hydrogen-bond donors (Lipinski definition) is 0. The summed E-state index contributed by atoms with van der Waals surface area (Å²) in [5.41, 5.74) is 1.16. The molecule has 2 heteroatoms. The highest BCUT2D eigenvalue weighted by atomic mass is 31.2. The Morgan fingerprint density at radius 3 is 1.48 bits per heavy atom. The topological polar surface area (TPSA) is 17.1 Å². The third kappa shape index (κ3) is 2.90. The number of rotatable bonds is 3. The van der Waals surface area contributed by atoms with Gasteiger partial charge in [-0.2, -0.15) is 0 Å². The van der Waals surface area contributed by atoms with E-state index in [1.807, 2.05) is 60.7 Å². The van der Waals surface area contributed by atoms with Gasteiger partial charge in [0, 0.05) is 15.9 Å². The van der Waals surface area contributed by atoms with Crippen LogP contribution in [0.1, 0.15) is 5.56 Å². The maximum atomic E-state index is 15.2. The van der Waals surface area contributed by atoms with Crippen molar-refractivity contribution in [1.29, 1.82) is 0 Å². The highest BCUT2D eigenvalue weighted by Gasteiger charge is 2.32. The Morgan fingerprint density at radius 1 is 0.517 bits per heavy atom. The van der Waals surface area contributed by atoms with Crippen LogP contribution < -0.4 is 15.9 Å². The van der Waals surface area contributed by atoms with E-state index in [0.717, 1.165) is 43.0 Å². The molecular formula is C27H21OP. The first kappa shape index (κ1) is 17.9. The first-order valence-electron chi connectivity index (χ1n) is 9.82. The van der Waals surface area contributed by atoms with E-state index < -0.39 is 7.14 Å². The minimum atomic E-state index is -3.09. The van der Waals surface area contributed by atoms with E-state index in [-0.39, 0.29) is 0 Å². The first-order valence-corrected chi connectivity index (χ1v) is 11.5. The van der Waals surface area contributed by atoms with E-state index >= 15 is 4.57 Å². The zero-order valence-electron chi connectivity index (χ0n) is 16.2. The van der Waals surface area contributed by atoms with E-state index in [0.29, 0.717) is 0 Å². The molecule has 29 heavy (non-hydrogen) atoms. The van der Waals surface area contributed by atoms with Crippen LogP contribution in [0.5, 0.6) is 0 Å². The minimum absolute atomic E-state index is 0.871. The molecule has 0 aliphatic carbocycles. The van der Waals surface area contributed by atoms with Crippen molar-refractivity contribution in [2.75, 3.05) is 0 Å². The molecule has 0 fully saturated rings. The third-order valence-corrected chi connectivity index (χ3v) is 8.77. The van der Waals surface area contributed by atoms with Gasteiger partial charge in [0.05, 0.1) is 0 Å². The smallest absolute Gasteiger partial charge is 0.172 e. The summed E-state index contributed by atoms with van der Waals surface area (Å²) >= 11 is 0. The zero-order valence-corrected chi connectivity index (χ0v) is 17.1. The molecule has 0 spiro atoms. The molecule has 5 aromatic carbocycles. The van der Waals surface area contributed by atoms with Gasteiger partial charge in [-0.15, -0.1) is 0 Å². The third-order valence-electron chi connectivity index (χ3n) is 5.61. The van der Waals surface area contributed by atoms with E-state index in [4.69, 9.17) is 0 Å². The molecule has 0 saturated carbocycles. The largest absolute Gasteiger partial charge is 0.309 e. The molecule has 0 bridgehead atoms. The fourth-order valence-electron chi connectivity index (χ4n) is 4.13. The van der Waals surface area contributed by atoms with Crippen molar-refractivity contribution in [2.45, 2.75) is 6.92 Å². The average molecular weight is 392 g/mol. The Kier molecular flexibility index (Phi) is 4.34. The Labute approximate surface area is 171 Å². The van der Waals surface area contributed by atoms with E-state index in [2.05, 4.69) is 55.5 Å². The lowest BCUT2D eigenvalue weighted by Gasteiger charge is -2.23. The highest BCUT2D eigenvalue weighted by Crippen LogP contribution is 2.46. The summed E-state index contributed by atoms with van der Waals surface area (Å²) in [6.45, 7) is 2.06. The van der Waals surface area contributed by atoms with Gasteiger partial charge in [-0.1, -0.05) is 115 Å². The van der Waals surface area contributed by atoms with Crippen molar-refractivity contribution >= 4 is 44.6 Å². The summed E-state index contributed by atoms with van der Waals surface area (Å²) in [4.78, 5) is 0. The summed E-state index contributed by atoms with van der Waals surface area (Å²) in [5.74, 6) is 0. The minimum Gasteiger partial charge on any atom is -0.309 e. The van der Waals surface area contributed by atoms with Gasteiger partial charge in [0.15, 0.2) is 7.14 Å². The lowest BCUT2D eigenvalue weighted by atomic mass is 10.1. The quantitative estimate of drug-likeness (QED) is 0.347. The Bertz CT molecular complexity index is 1290. The predicted molar refractivity (Wildman–Crippen MR) is 126 cm³/mol. The second-order valence-electron chi connectivity index (χ2n) is 7.44. The fraction of sp³-hybridized carbons (Fsp3) is 0.0370. The second kappa shape index (κ2) is 7.03. The normalized spacial score (nSPS) is 11.8. The van der Waals surface area contributed by atoms with Crippen molar-refractivity contribution in [1.82, 2.24) is 0 Å². The molecule has 140 valence electrons. The van der Waals surface area contributed by atoms with Gasteiger partial charge in [-0.05, 0) is 28.5 Å². The second-order valence-corrected chi connectivity index (χ2v) is 10.1. The number of aryl methyl sites for hydroxylation is 1.